The van der Waals surface area contributed by atoms with Crippen LogP contribution < -0.4 is 4.90 Å². The summed E-state index contributed by atoms with van der Waals surface area (Å²) in [5.41, 5.74) is 3.16. The van der Waals surface area contributed by atoms with Crippen LogP contribution >= 0.6 is 11.1 Å². The molecule has 1 aliphatic rings. The normalized spacial score (nSPS) is 17.5. The van der Waals surface area contributed by atoms with Gasteiger partial charge in [0.25, 0.3) is 0 Å². The highest BCUT2D eigenvalue weighted by Crippen LogP contribution is 2.57. The molecule has 0 bridgehead atoms. The fourth-order valence-electron chi connectivity index (χ4n) is 2.68. The van der Waals surface area contributed by atoms with Crippen molar-refractivity contribution in [1.82, 2.24) is 0 Å². The van der Waals surface area contributed by atoms with Gasteiger partial charge in [-0.05, 0) is 50.6 Å². The summed E-state index contributed by atoms with van der Waals surface area (Å²) < 4.78 is 4.41. The van der Waals surface area contributed by atoms with Crippen LogP contribution in [0.1, 0.15) is 19.4 Å². The summed E-state index contributed by atoms with van der Waals surface area (Å²) in [4.78, 5) is 4.21. The molecule has 1 aliphatic heterocycles. The number of anilines is 1. The number of benzene rings is 2. The molecule has 2 aromatic carbocycles. The number of phenols is 1. The van der Waals surface area contributed by atoms with E-state index in [9.17, 15) is 5.11 Å². The smallest absolute Gasteiger partial charge is 0.131 e. The molecule has 0 aromatic heterocycles. The Morgan fingerprint density at radius 3 is 2.50 bits per heavy atom. The number of nitrogens with zero attached hydrogens (tertiary/aromatic N) is 3. The maximum Gasteiger partial charge on any atom is 0.131 e. The van der Waals surface area contributed by atoms with Crippen molar-refractivity contribution >= 4 is 22.5 Å². The van der Waals surface area contributed by atoms with Crippen molar-refractivity contribution < 1.29 is 5.11 Å². The summed E-state index contributed by atoms with van der Waals surface area (Å²) in [6.07, 6.45) is 0. The van der Waals surface area contributed by atoms with E-state index in [2.05, 4.69) is 47.4 Å². The fraction of sp³-hybridized carbons (Fsp3) is 0.294. The molecule has 2 aromatic rings. The van der Waals surface area contributed by atoms with Crippen LogP contribution in [0.4, 0.5) is 11.4 Å². The number of aromatic hydroxyl groups is 1. The summed E-state index contributed by atoms with van der Waals surface area (Å²) in [5, 5.41) is 14.7. The summed E-state index contributed by atoms with van der Waals surface area (Å²) in [6, 6.07) is 12.1. The van der Waals surface area contributed by atoms with Crippen molar-refractivity contribution in [3.8, 4) is 5.75 Å². The standard InChI is InChI=1S/C17H21N3OS/c1-4-20(5-2)13-7-9-16(15(21)11-13)22-17-10-12(3)6-8-14(17)18-19-22/h6-11,21-22H,4-5H2,1-3H3. The first-order chi connectivity index (χ1) is 10.6. The second kappa shape index (κ2) is 6.01. The number of aryl methyl sites for hydroxylation is 1. The summed E-state index contributed by atoms with van der Waals surface area (Å²) >= 11 is -0.943. The summed E-state index contributed by atoms with van der Waals surface area (Å²) in [6.45, 7) is 8.14. The zero-order valence-electron chi connectivity index (χ0n) is 13.1. The van der Waals surface area contributed by atoms with E-state index in [1.807, 2.05) is 24.3 Å². The third-order valence-electron chi connectivity index (χ3n) is 3.92. The molecule has 0 aliphatic carbocycles. The first kappa shape index (κ1) is 14.9. The lowest BCUT2D eigenvalue weighted by molar-refractivity contribution is 0.462. The Kier molecular flexibility index (Phi) is 4.07. The first-order valence-corrected chi connectivity index (χ1v) is 8.84. The molecule has 4 nitrogen and oxygen atoms in total. The van der Waals surface area contributed by atoms with E-state index >= 15 is 0 Å². The van der Waals surface area contributed by atoms with Crippen LogP contribution in [0.25, 0.3) is 0 Å². The maximum atomic E-state index is 10.5. The van der Waals surface area contributed by atoms with Crippen molar-refractivity contribution in [1.29, 1.82) is 0 Å². The van der Waals surface area contributed by atoms with Gasteiger partial charge in [-0.1, -0.05) is 17.1 Å². The topological polar surface area (TPSA) is 48.2 Å². The van der Waals surface area contributed by atoms with Gasteiger partial charge in [-0.15, -0.1) is 9.63 Å². The number of rotatable bonds is 4. The SMILES string of the molecule is CCN(CC)c1ccc([SH]2N=Nc3ccc(C)cc32)c(O)c1. The lowest BCUT2D eigenvalue weighted by Gasteiger charge is -2.22. The van der Waals surface area contributed by atoms with Crippen LogP contribution in [0.15, 0.2) is 55.8 Å². The van der Waals surface area contributed by atoms with Crippen LogP contribution in [0, 0.1) is 6.92 Å². The van der Waals surface area contributed by atoms with Crippen LogP contribution in [0.5, 0.6) is 5.75 Å². The molecule has 0 saturated heterocycles. The van der Waals surface area contributed by atoms with Gasteiger partial charge in [0.2, 0.25) is 0 Å². The predicted molar refractivity (Wildman–Crippen MR) is 92.9 cm³/mol. The second-order valence-corrected chi connectivity index (χ2v) is 7.10. The molecule has 3 rings (SSSR count). The predicted octanol–water partition coefficient (Wildman–Crippen LogP) is 4.98. The van der Waals surface area contributed by atoms with Crippen molar-refractivity contribution in [2.75, 3.05) is 18.0 Å². The van der Waals surface area contributed by atoms with Gasteiger partial charge in [0.15, 0.2) is 0 Å². The van der Waals surface area contributed by atoms with Gasteiger partial charge in [0, 0.05) is 29.7 Å². The highest BCUT2D eigenvalue weighted by molar-refractivity contribution is 8.16. The maximum absolute atomic E-state index is 10.5. The highest BCUT2D eigenvalue weighted by Gasteiger charge is 2.22. The zero-order chi connectivity index (χ0) is 15.7. The monoisotopic (exact) mass is 315 g/mol. The zero-order valence-corrected chi connectivity index (χ0v) is 14.0. The number of hydrogen-bond donors (Lipinski definition) is 2. The average Bonchev–Trinajstić information content (AvgIpc) is 2.91. The summed E-state index contributed by atoms with van der Waals surface area (Å²) in [5.74, 6) is 0.309. The van der Waals surface area contributed by atoms with E-state index < -0.39 is 11.1 Å². The van der Waals surface area contributed by atoms with E-state index in [1.165, 1.54) is 5.56 Å². The molecule has 5 heteroatoms. The molecule has 1 N–H and O–H groups in total. The van der Waals surface area contributed by atoms with E-state index in [1.54, 1.807) is 0 Å². The molecule has 116 valence electrons. The minimum absolute atomic E-state index is 0.309. The Labute approximate surface area is 134 Å². The van der Waals surface area contributed by atoms with E-state index in [-0.39, 0.29) is 0 Å². The average molecular weight is 315 g/mol. The molecule has 0 radical (unpaired) electrons. The van der Waals surface area contributed by atoms with Crippen molar-refractivity contribution in [3.63, 3.8) is 0 Å². The molecule has 0 fully saturated rings. The van der Waals surface area contributed by atoms with Crippen molar-refractivity contribution in [3.05, 3.63) is 42.0 Å². The highest BCUT2D eigenvalue weighted by atomic mass is 32.2. The largest absolute Gasteiger partial charge is 0.507 e. The Morgan fingerprint density at radius 1 is 1.05 bits per heavy atom. The quantitative estimate of drug-likeness (QED) is 0.782. The third kappa shape index (κ3) is 2.57. The lowest BCUT2D eigenvalue weighted by atomic mass is 10.2. The van der Waals surface area contributed by atoms with Gasteiger partial charge < -0.3 is 10.0 Å². The van der Waals surface area contributed by atoms with E-state index in [0.29, 0.717) is 5.75 Å². The number of fused-ring (bicyclic) bond motifs is 1. The van der Waals surface area contributed by atoms with Crippen molar-refractivity contribution in [2.24, 2.45) is 9.63 Å². The van der Waals surface area contributed by atoms with Gasteiger partial charge in [-0.25, -0.2) is 0 Å². The lowest BCUT2D eigenvalue weighted by Crippen LogP contribution is -2.21. The van der Waals surface area contributed by atoms with Crippen LogP contribution in [-0.4, -0.2) is 18.2 Å². The minimum atomic E-state index is -0.943. The van der Waals surface area contributed by atoms with Crippen LogP contribution in [0.2, 0.25) is 0 Å². The second-order valence-electron chi connectivity index (χ2n) is 5.34. The van der Waals surface area contributed by atoms with Gasteiger partial charge in [0.1, 0.15) is 11.4 Å². The molecule has 22 heavy (non-hydrogen) atoms. The van der Waals surface area contributed by atoms with Crippen LogP contribution in [0.3, 0.4) is 0 Å². The first-order valence-electron chi connectivity index (χ1n) is 7.54. The number of thiol groups is 1. The third-order valence-corrected chi connectivity index (χ3v) is 5.83. The molecule has 0 spiro atoms. The minimum Gasteiger partial charge on any atom is -0.507 e. The van der Waals surface area contributed by atoms with Gasteiger partial charge in [-0.2, -0.15) is 0 Å². The molecule has 0 amide bonds. The Morgan fingerprint density at radius 2 is 1.82 bits per heavy atom. The Bertz CT molecular complexity index is 726. The van der Waals surface area contributed by atoms with Crippen LogP contribution in [-0.2, 0) is 0 Å². The van der Waals surface area contributed by atoms with Gasteiger partial charge in [-0.3, -0.25) is 0 Å². The molecule has 1 atom stereocenters. The Balaban J connectivity index is 1.98. The van der Waals surface area contributed by atoms with Gasteiger partial charge >= 0.3 is 0 Å². The summed E-state index contributed by atoms with van der Waals surface area (Å²) in [7, 11) is 0. The number of hydrogen-bond acceptors (Lipinski definition) is 4. The van der Waals surface area contributed by atoms with Gasteiger partial charge in [0.05, 0.1) is 4.90 Å². The number of phenolic OH excluding ortho intramolecular Hbond substituents is 1. The molecular weight excluding hydrogens is 294 g/mol. The molecule has 0 saturated carbocycles. The van der Waals surface area contributed by atoms with E-state index in [4.69, 9.17) is 0 Å². The Hall–Kier alpha value is -2.01. The molecule has 1 heterocycles. The van der Waals surface area contributed by atoms with Crippen molar-refractivity contribution in [2.45, 2.75) is 30.6 Å². The van der Waals surface area contributed by atoms with E-state index in [0.717, 1.165) is 34.3 Å². The fourth-order valence-corrected chi connectivity index (χ4v) is 4.48. The molecular formula is C17H21N3OS. The molecule has 1 unspecified atom stereocenters.